The number of likely N-dealkylation sites (tertiary alicyclic amines) is 1. The van der Waals surface area contributed by atoms with Crippen LogP contribution in [-0.2, 0) is 24.1 Å². The van der Waals surface area contributed by atoms with Gasteiger partial charge < -0.3 is 14.5 Å². The second-order valence-corrected chi connectivity index (χ2v) is 6.74. The molecule has 1 fully saturated rings. The van der Waals surface area contributed by atoms with Crippen molar-refractivity contribution in [1.82, 2.24) is 4.90 Å². The molecule has 0 unspecified atom stereocenters. The van der Waals surface area contributed by atoms with Crippen molar-refractivity contribution in [2.75, 3.05) is 45.4 Å². The molecule has 1 saturated heterocycles. The van der Waals surface area contributed by atoms with Gasteiger partial charge in [0.15, 0.2) is 0 Å². The van der Waals surface area contributed by atoms with E-state index < -0.39 is 5.54 Å². The van der Waals surface area contributed by atoms with Crippen LogP contribution in [0.1, 0.15) is 32.6 Å². The number of carbonyl (C=O) groups excluding carboxylic acids is 2. The summed E-state index contributed by atoms with van der Waals surface area (Å²) in [5, 5.41) is 0. The Morgan fingerprint density at radius 3 is 2.37 bits per heavy atom. The Balaban J connectivity index is 2.19. The molecule has 0 bridgehead atoms. The summed E-state index contributed by atoms with van der Waals surface area (Å²) in [7, 11) is 2.88. The standard InChI is InChI=1S/C20H30N2O5/c1-4-18(23)22(17-8-6-5-7-9-17)20(16-27-26-3)11-14-21(15-12-20)13-10-19(24)25-2/h5-9H,4,10-16H2,1-3H3. The molecule has 1 amide bonds. The van der Waals surface area contributed by atoms with E-state index in [1.165, 1.54) is 14.2 Å². The van der Waals surface area contributed by atoms with Crippen molar-refractivity contribution in [3.63, 3.8) is 0 Å². The van der Waals surface area contributed by atoms with Gasteiger partial charge in [-0.15, -0.1) is 0 Å². The van der Waals surface area contributed by atoms with E-state index in [1.54, 1.807) is 0 Å². The zero-order valence-electron chi connectivity index (χ0n) is 16.5. The molecule has 0 spiro atoms. The molecular weight excluding hydrogens is 348 g/mol. The number of piperidine rings is 1. The fraction of sp³-hybridized carbons (Fsp3) is 0.600. The Hall–Kier alpha value is -1.96. The molecule has 27 heavy (non-hydrogen) atoms. The maximum Gasteiger partial charge on any atom is 0.306 e. The van der Waals surface area contributed by atoms with E-state index in [9.17, 15) is 9.59 Å². The van der Waals surface area contributed by atoms with E-state index in [-0.39, 0.29) is 11.9 Å². The molecule has 0 atom stereocenters. The zero-order valence-corrected chi connectivity index (χ0v) is 16.5. The number of hydrogen-bond acceptors (Lipinski definition) is 6. The lowest BCUT2D eigenvalue weighted by Gasteiger charge is -2.48. The van der Waals surface area contributed by atoms with Gasteiger partial charge in [-0.2, -0.15) is 0 Å². The number of para-hydroxylation sites is 1. The van der Waals surface area contributed by atoms with Crippen molar-refractivity contribution in [2.45, 2.75) is 38.1 Å². The van der Waals surface area contributed by atoms with Crippen LogP contribution in [0.25, 0.3) is 0 Å². The van der Waals surface area contributed by atoms with Crippen LogP contribution in [0.3, 0.4) is 0 Å². The van der Waals surface area contributed by atoms with Crippen LogP contribution >= 0.6 is 0 Å². The SMILES string of the molecule is CCC(=O)N(c1ccccc1)C1(COOC)CCN(CCC(=O)OC)CC1. The molecule has 7 nitrogen and oxygen atoms in total. The topological polar surface area (TPSA) is 68.3 Å². The molecule has 1 aromatic rings. The predicted octanol–water partition coefficient (Wildman–Crippen LogP) is 2.41. The molecule has 1 heterocycles. The summed E-state index contributed by atoms with van der Waals surface area (Å²) in [6, 6.07) is 9.70. The lowest BCUT2D eigenvalue weighted by molar-refractivity contribution is -0.283. The predicted molar refractivity (Wildman–Crippen MR) is 102 cm³/mol. The molecule has 2 rings (SSSR count). The van der Waals surface area contributed by atoms with Gasteiger partial charge >= 0.3 is 5.97 Å². The number of ether oxygens (including phenoxy) is 1. The van der Waals surface area contributed by atoms with Crippen molar-refractivity contribution in [2.24, 2.45) is 0 Å². The molecule has 0 saturated carbocycles. The van der Waals surface area contributed by atoms with Gasteiger partial charge in [0.2, 0.25) is 5.91 Å². The van der Waals surface area contributed by atoms with Crippen LogP contribution in [-0.4, -0.2) is 62.8 Å². The number of carbonyl (C=O) groups is 2. The first kappa shape index (κ1) is 21.3. The number of nitrogens with zero attached hydrogens (tertiary/aromatic N) is 2. The molecule has 1 aromatic carbocycles. The van der Waals surface area contributed by atoms with E-state index in [0.29, 0.717) is 26.0 Å². The third kappa shape index (κ3) is 5.51. The van der Waals surface area contributed by atoms with E-state index in [0.717, 1.165) is 31.6 Å². The molecule has 0 aliphatic carbocycles. The molecule has 1 aliphatic rings. The lowest BCUT2D eigenvalue weighted by atomic mass is 9.85. The maximum absolute atomic E-state index is 12.9. The van der Waals surface area contributed by atoms with Crippen LogP contribution in [0, 0.1) is 0 Å². The number of esters is 1. The Labute approximate surface area is 161 Å². The Morgan fingerprint density at radius 1 is 1.15 bits per heavy atom. The van der Waals surface area contributed by atoms with Gasteiger partial charge in [-0.1, -0.05) is 25.1 Å². The normalized spacial score (nSPS) is 16.7. The number of rotatable bonds is 9. The largest absolute Gasteiger partial charge is 0.469 e. The number of hydrogen-bond donors (Lipinski definition) is 0. The van der Waals surface area contributed by atoms with E-state index in [2.05, 4.69) is 4.90 Å². The fourth-order valence-electron chi connectivity index (χ4n) is 3.56. The monoisotopic (exact) mass is 378 g/mol. The average molecular weight is 378 g/mol. The second kappa shape index (κ2) is 10.4. The van der Waals surface area contributed by atoms with Crippen molar-refractivity contribution < 1.29 is 24.1 Å². The molecule has 0 aromatic heterocycles. The maximum atomic E-state index is 12.9. The lowest BCUT2D eigenvalue weighted by Crippen LogP contribution is -2.60. The number of anilines is 1. The first-order valence-corrected chi connectivity index (χ1v) is 9.39. The van der Waals surface area contributed by atoms with E-state index in [4.69, 9.17) is 14.5 Å². The van der Waals surface area contributed by atoms with Crippen LogP contribution < -0.4 is 4.90 Å². The number of amides is 1. The van der Waals surface area contributed by atoms with Crippen LogP contribution in [0.15, 0.2) is 30.3 Å². The van der Waals surface area contributed by atoms with Gasteiger partial charge in [-0.25, -0.2) is 9.78 Å². The Bertz CT molecular complexity index is 600. The number of methoxy groups -OCH3 is 1. The Morgan fingerprint density at radius 2 is 1.81 bits per heavy atom. The third-order valence-electron chi connectivity index (χ3n) is 5.13. The molecule has 150 valence electrons. The minimum atomic E-state index is -0.480. The summed E-state index contributed by atoms with van der Waals surface area (Å²) >= 11 is 0. The number of benzene rings is 1. The summed E-state index contributed by atoms with van der Waals surface area (Å²) in [5.74, 6) is -0.148. The van der Waals surface area contributed by atoms with Crippen LogP contribution in [0.5, 0.6) is 0 Å². The highest BCUT2D eigenvalue weighted by Gasteiger charge is 2.43. The van der Waals surface area contributed by atoms with Crippen molar-refractivity contribution in [3.05, 3.63) is 30.3 Å². The molecule has 0 N–H and O–H groups in total. The summed E-state index contributed by atoms with van der Waals surface area (Å²) in [6.07, 6.45) is 2.25. The van der Waals surface area contributed by atoms with E-state index >= 15 is 0 Å². The van der Waals surface area contributed by atoms with Crippen LogP contribution in [0.2, 0.25) is 0 Å². The highest BCUT2D eigenvalue weighted by Crippen LogP contribution is 2.34. The smallest absolute Gasteiger partial charge is 0.306 e. The minimum Gasteiger partial charge on any atom is -0.469 e. The van der Waals surface area contributed by atoms with Gasteiger partial charge in [0.25, 0.3) is 0 Å². The first-order chi connectivity index (χ1) is 13.1. The zero-order chi connectivity index (χ0) is 19.7. The quantitative estimate of drug-likeness (QED) is 0.373. The first-order valence-electron chi connectivity index (χ1n) is 9.39. The highest BCUT2D eigenvalue weighted by molar-refractivity contribution is 5.94. The van der Waals surface area contributed by atoms with Gasteiger partial charge in [0.1, 0.15) is 6.61 Å². The van der Waals surface area contributed by atoms with Crippen LogP contribution in [0.4, 0.5) is 5.69 Å². The Kier molecular flexibility index (Phi) is 8.22. The van der Waals surface area contributed by atoms with Crippen molar-refractivity contribution in [3.8, 4) is 0 Å². The third-order valence-corrected chi connectivity index (χ3v) is 5.13. The van der Waals surface area contributed by atoms with Gasteiger partial charge in [-0.3, -0.25) is 9.59 Å². The minimum absolute atomic E-state index is 0.0592. The van der Waals surface area contributed by atoms with Gasteiger partial charge in [-0.05, 0) is 25.0 Å². The second-order valence-electron chi connectivity index (χ2n) is 6.74. The van der Waals surface area contributed by atoms with Gasteiger partial charge in [0.05, 0.1) is 26.2 Å². The average Bonchev–Trinajstić information content (AvgIpc) is 2.72. The van der Waals surface area contributed by atoms with Crippen molar-refractivity contribution in [1.29, 1.82) is 0 Å². The van der Waals surface area contributed by atoms with Crippen molar-refractivity contribution >= 4 is 17.6 Å². The highest BCUT2D eigenvalue weighted by atomic mass is 17.2. The van der Waals surface area contributed by atoms with Gasteiger partial charge in [0, 0.05) is 31.7 Å². The summed E-state index contributed by atoms with van der Waals surface area (Å²) < 4.78 is 4.72. The molecule has 0 radical (unpaired) electrons. The summed E-state index contributed by atoms with van der Waals surface area (Å²) in [5.41, 5.74) is 0.388. The summed E-state index contributed by atoms with van der Waals surface area (Å²) in [6.45, 7) is 4.36. The molecule has 7 heteroatoms. The molecular formula is C20H30N2O5. The summed E-state index contributed by atoms with van der Waals surface area (Å²) in [4.78, 5) is 38.6. The molecule has 1 aliphatic heterocycles. The fourth-order valence-corrected chi connectivity index (χ4v) is 3.56. The van der Waals surface area contributed by atoms with E-state index in [1.807, 2.05) is 42.2 Å².